The number of methoxy groups -OCH3 is 1. The molecule has 0 aliphatic rings. The molecule has 0 N–H and O–H groups in total. The highest BCUT2D eigenvalue weighted by Crippen LogP contribution is 2.34. The first kappa shape index (κ1) is 24.3. The number of unbranched alkanes of at least 4 members (excludes halogenated alkanes) is 1. The third-order valence-corrected chi connectivity index (χ3v) is 5.70. The number of hydrogen-bond acceptors (Lipinski definition) is 5. The number of rotatable bonds is 10. The van der Waals surface area contributed by atoms with Crippen molar-refractivity contribution in [2.45, 2.75) is 39.8 Å². The minimum absolute atomic E-state index is 0.221. The van der Waals surface area contributed by atoms with Gasteiger partial charge in [-0.15, -0.1) is 0 Å². The second kappa shape index (κ2) is 11.0. The average Bonchev–Trinajstić information content (AvgIpc) is 3.24. The van der Waals surface area contributed by atoms with Crippen LogP contribution in [0.1, 0.15) is 42.6 Å². The molecule has 0 saturated heterocycles. The molecular weight excluding hydrogens is 447 g/mol. The monoisotopic (exact) mass is 476 g/mol. The van der Waals surface area contributed by atoms with E-state index < -0.39 is 0 Å². The first-order chi connectivity index (χ1) is 17.0. The Bertz CT molecular complexity index is 1330. The molecule has 0 bridgehead atoms. The van der Waals surface area contributed by atoms with Crippen LogP contribution < -0.4 is 9.47 Å². The third kappa shape index (κ3) is 5.45. The van der Waals surface area contributed by atoms with Gasteiger partial charge in [0.2, 0.25) is 0 Å². The lowest BCUT2D eigenvalue weighted by atomic mass is 10.1. The Hall–Kier alpha value is -3.87. The van der Waals surface area contributed by atoms with E-state index in [-0.39, 0.29) is 18.4 Å². The molecule has 0 radical (unpaired) electrons. The van der Waals surface area contributed by atoms with Crippen LogP contribution in [0.15, 0.2) is 60.7 Å². The molecule has 35 heavy (non-hydrogen) atoms. The van der Waals surface area contributed by atoms with Gasteiger partial charge in [0.15, 0.2) is 11.5 Å². The van der Waals surface area contributed by atoms with Gasteiger partial charge < -0.3 is 18.8 Å². The highest BCUT2D eigenvalue weighted by Gasteiger charge is 2.17. The quantitative estimate of drug-likeness (QED) is 0.248. The highest BCUT2D eigenvalue weighted by molar-refractivity contribution is 5.94. The molecule has 0 aliphatic carbocycles. The van der Waals surface area contributed by atoms with E-state index in [0.29, 0.717) is 23.7 Å². The fourth-order valence-electron chi connectivity index (χ4n) is 3.95. The standard InChI is InChI=1S/C28H29FN2O4/c1-4-6-14-31-24-12-10-21(28(32)34-5-2)16-23(24)30-27(31)20-11-13-25(26(17-20)33-3)35-18-19-8-7-9-22(29)15-19/h7-13,15-17H,4-6,14,18H2,1-3H3. The molecule has 0 aliphatic heterocycles. The van der Waals surface area contributed by atoms with Gasteiger partial charge >= 0.3 is 5.97 Å². The van der Waals surface area contributed by atoms with Crippen molar-refractivity contribution < 1.29 is 23.4 Å². The van der Waals surface area contributed by atoms with Crippen molar-refractivity contribution >= 4 is 17.0 Å². The fourth-order valence-corrected chi connectivity index (χ4v) is 3.95. The van der Waals surface area contributed by atoms with E-state index in [1.54, 1.807) is 32.2 Å². The number of aryl methyl sites for hydroxylation is 1. The molecule has 0 unspecified atom stereocenters. The van der Waals surface area contributed by atoms with E-state index in [2.05, 4.69) is 11.5 Å². The van der Waals surface area contributed by atoms with Gasteiger partial charge in [-0.1, -0.05) is 25.5 Å². The Morgan fingerprint density at radius 1 is 1.03 bits per heavy atom. The zero-order chi connectivity index (χ0) is 24.8. The molecule has 0 amide bonds. The van der Waals surface area contributed by atoms with Crippen molar-refractivity contribution in [1.82, 2.24) is 9.55 Å². The second-order valence-corrected chi connectivity index (χ2v) is 8.15. The molecule has 6 nitrogen and oxygen atoms in total. The van der Waals surface area contributed by atoms with Gasteiger partial charge in [-0.05, 0) is 67.4 Å². The maximum absolute atomic E-state index is 13.5. The minimum Gasteiger partial charge on any atom is -0.493 e. The van der Waals surface area contributed by atoms with Crippen molar-refractivity contribution in [2.24, 2.45) is 0 Å². The summed E-state index contributed by atoms with van der Waals surface area (Å²) in [7, 11) is 1.58. The average molecular weight is 477 g/mol. The van der Waals surface area contributed by atoms with Crippen molar-refractivity contribution in [3.8, 4) is 22.9 Å². The largest absolute Gasteiger partial charge is 0.493 e. The first-order valence-corrected chi connectivity index (χ1v) is 11.8. The number of imidazole rings is 1. The Morgan fingerprint density at radius 3 is 2.63 bits per heavy atom. The van der Waals surface area contributed by atoms with Crippen molar-refractivity contribution in [3.05, 3.63) is 77.6 Å². The number of esters is 1. The number of fused-ring (bicyclic) bond motifs is 1. The first-order valence-electron chi connectivity index (χ1n) is 11.8. The topological polar surface area (TPSA) is 62.6 Å². The number of carbonyl (C=O) groups is 1. The van der Waals surface area contributed by atoms with Crippen LogP contribution in [0.25, 0.3) is 22.4 Å². The summed E-state index contributed by atoms with van der Waals surface area (Å²) < 4.78 is 32.3. The van der Waals surface area contributed by atoms with E-state index in [4.69, 9.17) is 19.2 Å². The highest BCUT2D eigenvalue weighted by atomic mass is 19.1. The van der Waals surface area contributed by atoms with Gasteiger partial charge in [0.05, 0.1) is 30.3 Å². The van der Waals surface area contributed by atoms with Crippen LogP contribution in [0.4, 0.5) is 4.39 Å². The maximum Gasteiger partial charge on any atom is 0.338 e. The molecule has 7 heteroatoms. The molecule has 182 valence electrons. The van der Waals surface area contributed by atoms with Gasteiger partial charge in [-0.2, -0.15) is 0 Å². The van der Waals surface area contributed by atoms with Crippen LogP contribution in [-0.2, 0) is 17.9 Å². The molecule has 3 aromatic carbocycles. The van der Waals surface area contributed by atoms with E-state index >= 15 is 0 Å². The number of hydrogen-bond donors (Lipinski definition) is 0. The number of halogens is 1. The Morgan fingerprint density at radius 2 is 1.89 bits per heavy atom. The predicted molar refractivity (Wildman–Crippen MR) is 133 cm³/mol. The molecule has 4 rings (SSSR count). The van der Waals surface area contributed by atoms with Crippen LogP contribution in [-0.4, -0.2) is 29.2 Å². The fraction of sp³-hybridized carbons (Fsp3) is 0.286. The lowest BCUT2D eigenvalue weighted by molar-refractivity contribution is 0.0526. The second-order valence-electron chi connectivity index (χ2n) is 8.15. The normalized spacial score (nSPS) is 11.0. The minimum atomic E-state index is -0.361. The summed E-state index contributed by atoms with van der Waals surface area (Å²) in [5.74, 6) is 1.23. The van der Waals surface area contributed by atoms with Crippen LogP contribution in [0.2, 0.25) is 0 Å². The summed E-state index contributed by atoms with van der Waals surface area (Å²) in [5, 5.41) is 0. The van der Waals surface area contributed by atoms with Gasteiger partial charge in [0.25, 0.3) is 0 Å². The van der Waals surface area contributed by atoms with Crippen LogP contribution >= 0.6 is 0 Å². The zero-order valence-corrected chi connectivity index (χ0v) is 20.2. The maximum atomic E-state index is 13.5. The molecule has 1 aromatic heterocycles. The van der Waals surface area contributed by atoms with E-state index in [1.807, 2.05) is 30.3 Å². The van der Waals surface area contributed by atoms with Crippen LogP contribution in [0.5, 0.6) is 11.5 Å². The Labute approximate surface area is 204 Å². The number of aromatic nitrogens is 2. The van der Waals surface area contributed by atoms with Crippen molar-refractivity contribution in [2.75, 3.05) is 13.7 Å². The third-order valence-electron chi connectivity index (χ3n) is 5.70. The summed E-state index contributed by atoms with van der Waals surface area (Å²) in [6, 6.07) is 17.4. The van der Waals surface area contributed by atoms with Crippen LogP contribution in [0.3, 0.4) is 0 Å². The number of benzene rings is 3. The van der Waals surface area contributed by atoms with Crippen LogP contribution in [0, 0.1) is 5.82 Å². The zero-order valence-electron chi connectivity index (χ0n) is 20.2. The molecule has 0 spiro atoms. The summed E-state index contributed by atoms with van der Waals surface area (Å²) in [5.41, 5.74) is 3.75. The van der Waals surface area contributed by atoms with E-state index in [0.717, 1.165) is 47.4 Å². The number of carbonyl (C=O) groups excluding carboxylic acids is 1. The summed E-state index contributed by atoms with van der Waals surface area (Å²) in [6.07, 6.45) is 2.03. The van der Waals surface area contributed by atoms with Gasteiger partial charge in [0.1, 0.15) is 18.2 Å². The molecule has 0 saturated carbocycles. The lowest BCUT2D eigenvalue weighted by Gasteiger charge is -2.13. The Balaban J connectivity index is 1.68. The van der Waals surface area contributed by atoms with Gasteiger partial charge in [-0.3, -0.25) is 0 Å². The van der Waals surface area contributed by atoms with Crippen molar-refractivity contribution in [3.63, 3.8) is 0 Å². The molecule has 1 heterocycles. The molecule has 0 atom stereocenters. The summed E-state index contributed by atoms with van der Waals surface area (Å²) >= 11 is 0. The summed E-state index contributed by atoms with van der Waals surface area (Å²) in [4.78, 5) is 17.1. The summed E-state index contributed by atoms with van der Waals surface area (Å²) in [6.45, 7) is 5.26. The molecule has 0 fully saturated rings. The lowest BCUT2D eigenvalue weighted by Crippen LogP contribution is -2.04. The Kier molecular flexibility index (Phi) is 7.65. The molecular formula is C28H29FN2O4. The van der Waals surface area contributed by atoms with Gasteiger partial charge in [0, 0.05) is 12.1 Å². The van der Waals surface area contributed by atoms with E-state index in [9.17, 15) is 9.18 Å². The predicted octanol–water partition coefficient (Wildman–Crippen LogP) is 6.41. The number of nitrogens with zero attached hydrogens (tertiary/aromatic N) is 2. The smallest absolute Gasteiger partial charge is 0.338 e. The number of ether oxygens (including phenoxy) is 3. The SMILES string of the molecule is CCCCn1c(-c2ccc(OCc3cccc(F)c3)c(OC)c2)nc2cc(C(=O)OCC)ccc21. The molecule has 4 aromatic rings. The van der Waals surface area contributed by atoms with Crippen molar-refractivity contribution in [1.29, 1.82) is 0 Å². The van der Waals surface area contributed by atoms with Gasteiger partial charge in [-0.25, -0.2) is 14.2 Å². The van der Waals surface area contributed by atoms with E-state index in [1.165, 1.54) is 12.1 Å².